The van der Waals surface area contributed by atoms with E-state index >= 15 is 0 Å². The normalized spacial score (nSPS) is 14.0. The molecule has 0 amide bonds. The third kappa shape index (κ3) is 3.05. The molecule has 0 atom stereocenters. The molecular formula is C19H17N3O2S3. The van der Waals surface area contributed by atoms with E-state index in [0.29, 0.717) is 5.75 Å². The number of rotatable bonds is 4. The monoisotopic (exact) mass is 415 g/mol. The van der Waals surface area contributed by atoms with Gasteiger partial charge in [-0.1, -0.05) is 23.0 Å². The van der Waals surface area contributed by atoms with E-state index in [2.05, 4.69) is 5.16 Å². The number of nitrogens with zero attached hydrogens (tertiary/aromatic N) is 3. The average Bonchev–Trinajstić information content (AvgIpc) is 3.42. The lowest BCUT2D eigenvalue weighted by molar-refractivity contribution is 0.427. The molecule has 0 bridgehead atoms. The molecule has 5 nitrogen and oxygen atoms in total. The lowest BCUT2D eigenvalue weighted by Crippen LogP contribution is -2.20. The third-order valence-corrected chi connectivity index (χ3v) is 7.96. The molecule has 0 radical (unpaired) electrons. The minimum atomic E-state index is 0.0707. The maximum Gasteiger partial charge on any atom is 0.262 e. The van der Waals surface area contributed by atoms with Crippen LogP contribution in [0.5, 0.6) is 0 Å². The summed E-state index contributed by atoms with van der Waals surface area (Å²) in [6.07, 6.45) is 4.45. The summed E-state index contributed by atoms with van der Waals surface area (Å²) < 4.78 is 7.11. The van der Waals surface area contributed by atoms with Gasteiger partial charge in [0, 0.05) is 23.7 Å². The van der Waals surface area contributed by atoms with Crippen molar-refractivity contribution < 1.29 is 4.52 Å². The standard InChI is InChI=1S/C19H17N3O2S3/c1-22-18(23)16-12-5-2-3-6-14(12)27-17(16)20-19(22)26-10-11-9-13(24-21-11)15-7-4-8-25-15/h4,7-9H,2-3,5-6,10H2,1H3. The number of aryl methyl sites for hydroxylation is 2. The molecule has 138 valence electrons. The Kier molecular flexibility index (Phi) is 4.41. The zero-order chi connectivity index (χ0) is 18.4. The summed E-state index contributed by atoms with van der Waals surface area (Å²) >= 11 is 4.84. The largest absolute Gasteiger partial charge is 0.355 e. The van der Waals surface area contributed by atoms with Gasteiger partial charge in [0.25, 0.3) is 5.56 Å². The molecule has 0 saturated heterocycles. The van der Waals surface area contributed by atoms with E-state index in [1.54, 1.807) is 27.2 Å². The fourth-order valence-corrected chi connectivity index (χ4v) is 6.28. The van der Waals surface area contributed by atoms with Crippen molar-refractivity contribution in [1.29, 1.82) is 0 Å². The van der Waals surface area contributed by atoms with Crippen LogP contribution in [0.1, 0.15) is 29.0 Å². The van der Waals surface area contributed by atoms with Gasteiger partial charge in [0.1, 0.15) is 4.83 Å². The van der Waals surface area contributed by atoms with Crippen molar-refractivity contribution in [3.8, 4) is 10.6 Å². The topological polar surface area (TPSA) is 60.9 Å². The van der Waals surface area contributed by atoms with Crippen LogP contribution in [0.25, 0.3) is 20.9 Å². The molecule has 0 aromatic carbocycles. The van der Waals surface area contributed by atoms with Gasteiger partial charge >= 0.3 is 0 Å². The predicted molar refractivity (Wildman–Crippen MR) is 111 cm³/mol. The van der Waals surface area contributed by atoms with Gasteiger partial charge in [0.05, 0.1) is 16.0 Å². The van der Waals surface area contributed by atoms with Gasteiger partial charge in [-0.2, -0.15) is 0 Å². The third-order valence-electron chi connectivity index (χ3n) is 4.83. The number of thiophene rings is 2. The first-order valence-corrected chi connectivity index (χ1v) is 11.5. The molecule has 5 rings (SSSR count). The van der Waals surface area contributed by atoms with Crippen LogP contribution in [-0.4, -0.2) is 14.7 Å². The quantitative estimate of drug-likeness (QED) is 0.351. The second-order valence-electron chi connectivity index (χ2n) is 6.60. The number of aromatic nitrogens is 3. The fraction of sp³-hybridized carbons (Fsp3) is 0.316. The summed E-state index contributed by atoms with van der Waals surface area (Å²) in [4.78, 5) is 21.0. The van der Waals surface area contributed by atoms with Crippen molar-refractivity contribution >= 4 is 44.7 Å². The lowest BCUT2D eigenvalue weighted by atomic mass is 9.97. The Morgan fingerprint density at radius 2 is 2.22 bits per heavy atom. The SMILES string of the molecule is Cn1c(SCc2cc(-c3cccs3)on2)nc2sc3c(c2c1=O)CCCC3. The van der Waals surface area contributed by atoms with Crippen molar-refractivity contribution in [2.75, 3.05) is 0 Å². The van der Waals surface area contributed by atoms with Gasteiger partial charge in [-0.05, 0) is 42.7 Å². The second-order valence-corrected chi connectivity index (χ2v) is 9.57. The Hall–Kier alpha value is -1.90. The molecule has 4 aromatic rings. The van der Waals surface area contributed by atoms with Crippen LogP contribution in [0.4, 0.5) is 0 Å². The number of fused-ring (bicyclic) bond motifs is 3. The molecular weight excluding hydrogens is 398 g/mol. The Labute approximate surface area is 168 Å². The van der Waals surface area contributed by atoms with Crippen molar-refractivity contribution in [2.45, 2.75) is 36.6 Å². The first-order chi connectivity index (χ1) is 13.2. The highest BCUT2D eigenvalue weighted by molar-refractivity contribution is 7.98. The molecule has 27 heavy (non-hydrogen) atoms. The second kappa shape index (κ2) is 6.92. The molecule has 0 spiro atoms. The molecule has 0 unspecified atom stereocenters. The van der Waals surface area contributed by atoms with Gasteiger partial charge in [-0.25, -0.2) is 4.98 Å². The highest BCUT2D eigenvalue weighted by Gasteiger charge is 2.21. The van der Waals surface area contributed by atoms with Crippen LogP contribution >= 0.6 is 34.4 Å². The highest BCUT2D eigenvalue weighted by atomic mass is 32.2. The van der Waals surface area contributed by atoms with Crippen LogP contribution in [0, 0.1) is 0 Å². The summed E-state index contributed by atoms with van der Waals surface area (Å²) in [5.41, 5.74) is 2.16. The maximum absolute atomic E-state index is 12.9. The van der Waals surface area contributed by atoms with E-state index in [0.717, 1.165) is 51.0 Å². The average molecular weight is 416 g/mol. The van der Waals surface area contributed by atoms with Crippen molar-refractivity contribution in [3.05, 3.63) is 50.1 Å². The van der Waals surface area contributed by atoms with E-state index in [-0.39, 0.29) is 5.56 Å². The summed E-state index contributed by atoms with van der Waals surface area (Å²) in [6.45, 7) is 0. The van der Waals surface area contributed by atoms with Gasteiger partial charge < -0.3 is 4.52 Å². The van der Waals surface area contributed by atoms with Gasteiger partial charge in [-0.15, -0.1) is 22.7 Å². The fourth-order valence-electron chi connectivity index (χ4n) is 3.45. The van der Waals surface area contributed by atoms with Gasteiger partial charge in [0.2, 0.25) is 0 Å². The number of thioether (sulfide) groups is 1. The van der Waals surface area contributed by atoms with Gasteiger partial charge in [-0.3, -0.25) is 9.36 Å². The smallest absolute Gasteiger partial charge is 0.262 e. The molecule has 4 aromatic heterocycles. The molecule has 8 heteroatoms. The maximum atomic E-state index is 12.9. The van der Waals surface area contributed by atoms with Crippen LogP contribution in [0.3, 0.4) is 0 Å². The van der Waals surface area contributed by atoms with Crippen molar-refractivity contribution in [3.63, 3.8) is 0 Å². The predicted octanol–water partition coefficient (Wildman–Crippen LogP) is 4.88. The Morgan fingerprint density at radius 1 is 1.33 bits per heavy atom. The molecule has 0 saturated carbocycles. The highest BCUT2D eigenvalue weighted by Crippen LogP contribution is 2.35. The van der Waals surface area contributed by atoms with Crippen LogP contribution in [0.2, 0.25) is 0 Å². The van der Waals surface area contributed by atoms with Crippen molar-refractivity contribution in [1.82, 2.24) is 14.7 Å². The van der Waals surface area contributed by atoms with E-state index in [1.165, 1.54) is 28.6 Å². The van der Waals surface area contributed by atoms with Crippen molar-refractivity contribution in [2.24, 2.45) is 7.05 Å². The van der Waals surface area contributed by atoms with Gasteiger partial charge in [0.15, 0.2) is 10.9 Å². The lowest BCUT2D eigenvalue weighted by Gasteiger charge is -2.10. The molecule has 4 heterocycles. The minimum Gasteiger partial charge on any atom is -0.355 e. The summed E-state index contributed by atoms with van der Waals surface area (Å²) in [7, 11) is 1.81. The molecule has 1 aliphatic carbocycles. The Balaban J connectivity index is 1.44. The molecule has 0 fully saturated rings. The zero-order valence-corrected chi connectivity index (χ0v) is 17.2. The minimum absolute atomic E-state index is 0.0707. The first-order valence-electron chi connectivity index (χ1n) is 8.84. The zero-order valence-electron chi connectivity index (χ0n) is 14.7. The summed E-state index contributed by atoms with van der Waals surface area (Å²) in [5.74, 6) is 1.40. The van der Waals surface area contributed by atoms with E-state index in [4.69, 9.17) is 9.51 Å². The molecule has 1 aliphatic rings. The Morgan fingerprint density at radius 3 is 3.07 bits per heavy atom. The summed E-state index contributed by atoms with van der Waals surface area (Å²) in [6, 6.07) is 5.96. The van der Waals surface area contributed by atoms with E-state index < -0.39 is 0 Å². The number of hydrogen-bond acceptors (Lipinski definition) is 7. The molecule has 0 N–H and O–H groups in total. The first kappa shape index (κ1) is 17.2. The Bertz CT molecular complexity index is 1170. The van der Waals surface area contributed by atoms with Crippen LogP contribution in [0.15, 0.2) is 38.1 Å². The molecule has 0 aliphatic heterocycles. The summed E-state index contributed by atoms with van der Waals surface area (Å²) in [5, 5.41) is 7.73. The van der Waals surface area contributed by atoms with E-state index in [9.17, 15) is 4.79 Å². The van der Waals surface area contributed by atoms with E-state index in [1.807, 2.05) is 30.6 Å². The van der Waals surface area contributed by atoms with Crippen LogP contribution < -0.4 is 5.56 Å². The number of hydrogen-bond donors (Lipinski definition) is 0. The van der Waals surface area contributed by atoms with Crippen LogP contribution in [-0.2, 0) is 25.6 Å².